The summed E-state index contributed by atoms with van der Waals surface area (Å²) in [6.45, 7) is 3.66. The molecule has 1 saturated heterocycles. The van der Waals surface area contributed by atoms with Crippen LogP contribution in [-0.4, -0.2) is 25.7 Å². The van der Waals surface area contributed by atoms with Gasteiger partial charge in [0.05, 0.1) is 0 Å². The lowest BCUT2D eigenvalue weighted by atomic mass is 9.90. The molecule has 2 heteroatoms. The van der Waals surface area contributed by atoms with Gasteiger partial charge in [0.1, 0.15) is 0 Å². The van der Waals surface area contributed by atoms with E-state index < -0.39 is 0 Å². The van der Waals surface area contributed by atoms with Crippen LogP contribution < -0.4 is 10.2 Å². The number of para-hydroxylation sites is 1. The van der Waals surface area contributed by atoms with Crippen molar-refractivity contribution in [3.63, 3.8) is 0 Å². The largest absolute Gasteiger partial charge is 0.367 e. The van der Waals surface area contributed by atoms with Crippen LogP contribution in [-0.2, 0) is 6.42 Å². The lowest BCUT2D eigenvalue weighted by molar-refractivity contribution is 0.400. The Balaban J connectivity index is 1.89. The molecule has 4 rings (SSSR count). The molecule has 0 unspecified atom stereocenters. The smallest absolute Gasteiger partial charge is 0.0438 e. The summed E-state index contributed by atoms with van der Waals surface area (Å²) in [7, 11) is 0. The minimum atomic E-state index is 0.752. The van der Waals surface area contributed by atoms with Gasteiger partial charge in [0, 0.05) is 30.7 Å². The van der Waals surface area contributed by atoms with Crippen molar-refractivity contribution < 1.29 is 0 Å². The zero-order valence-corrected chi connectivity index (χ0v) is 9.58. The van der Waals surface area contributed by atoms with Gasteiger partial charge in [-0.25, -0.2) is 0 Å². The first-order valence-electron chi connectivity index (χ1n) is 6.54. The quantitative estimate of drug-likeness (QED) is 0.709. The van der Waals surface area contributed by atoms with Gasteiger partial charge in [-0.05, 0) is 36.9 Å². The van der Waals surface area contributed by atoms with Crippen molar-refractivity contribution in [1.29, 1.82) is 0 Å². The lowest BCUT2D eigenvalue weighted by Crippen LogP contribution is -2.45. The second kappa shape index (κ2) is 3.24. The first kappa shape index (κ1) is 9.06. The van der Waals surface area contributed by atoms with Crippen molar-refractivity contribution in [1.82, 2.24) is 5.32 Å². The van der Waals surface area contributed by atoms with Crippen LogP contribution in [0.3, 0.4) is 0 Å². The summed E-state index contributed by atoms with van der Waals surface area (Å²) in [5.74, 6) is 0.752. The Hall–Kier alpha value is -1.02. The number of fused-ring (bicyclic) bond motifs is 3. The topological polar surface area (TPSA) is 15.3 Å². The van der Waals surface area contributed by atoms with Gasteiger partial charge in [0.25, 0.3) is 0 Å². The van der Waals surface area contributed by atoms with Crippen LogP contribution in [0.4, 0.5) is 5.69 Å². The molecule has 0 radical (unpaired) electrons. The minimum absolute atomic E-state index is 0.752. The molecular formula is C14H18N2. The van der Waals surface area contributed by atoms with Gasteiger partial charge < -0.3 is 10.2 Å². The number of hydrogen-bond donors (Lipinski definition) is 1. The van der Waals surface area contributed by atoms with Crippen LogP contribution in [0.1, 0.15) is 29.9 Å². The van der Waals surface area contributed by atoms with Gasteiger partial charge in [0.15, 0.2) is 0 Å². The Morgan fingerprint density at radius 3 is 3.31 bits per heavy atom. The van der Waals surface area contributed by atoms with E-state index in [1.807, 2.05) is 0 Å². The Labute approximate surface area is 96.6 Å². The molecule has 0 spiro atoms. The molecule has 0 aromatic heterocycles. The summed E-state index contributed by atoms with van der Waals surface area (Å²) in [5.41, 5.74) is 4.82. The van der Waals surface area contributed by atoms with E-state index in [9.17, 15) is 0 Å². The number of aryl methyl sites for hydroxylation is 1. The predicted octanol–water partition coefficient (Wildman–Crippen LogP) is 1.90. The predicted molar refractivity (Wildman–Crippen MR) is 66.1 cm³/mol. The van der Waals surface area contributed by atoms with Crippen LogP contribution in [0.15, 0.2) is 18.2 Å². The molecule has 84 valence electrons. The first-order chi connectivity index (χ1) is 7.95. The summed E-state index contributed by atoms with van der Waals surface area (Å²) in [5, 5.41) is 3.55. The highest BCUT2D eigenvalue weighted by molar-refractivity contribution is 5.68. The fourth-order valence-corrected chi connectivity index (χ4v) is 3.88. The van der Waals surface area contributed by atoms with Crippen molar-refractivity contribution in [3.8, 4) is 0 Å². The molecule has 3 aliphatic heterocycles. The van der Waals surface area contributed by atoms with E-state index in [0.717, 1.165) is 12.0 Å². The lowest BCUT2D eigenvalue weighted by Gasteiger charge is -2.36. The van der Waals surface area contributed by atoms with Crippen molar-refractivity contribution in [2.24, 2.45) is 0 Å². The normalized spacial score (nSPS) is 31.1. The van der Waals surface area contributed by atoms with Crippen molar-refractivity contribution >= 4 is 5.69 Å². The summed E-state index contributed by atoms with van der Waals surface area (Å²) in [4.78, 5) is 2.71. The Morgan fingerprint density at radius 2 is 2.31 bits per heavy atom. The highest BCUT2D eigenvalue weighted by Crippen LogP contribution is 2.46. The Bertz CT molecular complexity index is 427. The molecule has 3 aliphatic rings. The standard InChI is InChI=1S/C14H18N2/c1-3-10-4-2-8-16-13-6-7-15-9-12(13)11(5-1)14(10)16/h1,3,5,12-13,15H,2,4,6-9H2/t12-,13-/m0/s1. The van der Waals surface area contributed by atoms with Crippen LogP contribution in [0.2, 0.25) is 0 Å². The molecule has 0 bridgehead atoms. The fraction of sp³-hybridized carbons (Fsp3) is 0.571. The van der Waals surface area contributed by atoms with Gasteiger partial charge in [-0.15, -0.1) is 0 Å². The molecular weight excluding hydrogens is 196 g/mol. The molecule has 1 aromatic carbocycles. The summed E-state index contributed by atoms with van der Waals surface area (Å²) in [6.07, 6.45) is 3.94. The van der Waals surface area contributed by atoms with E-state index in [-0.39, 0.29) is 0 Å². The summed E-state index contributed by atoms with van der Waals surface area (Å²) < 4.78 is 0. The van der Waals surface area contributed by atoms with Gasteiger partial charge >= 0.3 is 0 Å². The van der Waals surface area contributed by atoms with Gasteiger partial charge in [-0.1, -0.05) is 18.2 Å². The van der Waals surface area contributed by atoms with Crippen LogP contribution in [0.5, 0.6) is 0 Å². The van der Waals surface area contributed by atoms with Crippen molar-refractivity contribution in [3.05, 3.63) is 29.3 Å². The third-order valence-electron chi connectivity index (χ3n) is 4.53. The molecule has 1 fully saturated rings. The van der Waals surface area contributed by atoms with Gasteiger partial charge in [-0.2, -0.15) is 0 Å². The zero-order chi connectivity index (χ0) is 10.5. The molecule has 0 amide bonds. The Kier molecular flexibility index (Phi) is 1.83. The van der Waals surface area contributed by atoms with E-state index in [2.05, 4.69) is 28.4 Å². The molecule has 2 atom stereocenters. The zero-order valence-electron chi connectivity index (χ0n) is 9.58. The van der Waals surface area contributed by atoms with Crippen molar-refractivity contribution in [2.75, 3.05) is 24.5 Å². The monoisotopic (exact) mass is 214 g/mol. The van der Waals surface area contributed by atoms with Crippen LogP contribution >= 0.6 is 0 Å². The van der Waals surface area contributed by atoms with Gasteiger partial charge in [0.2, 0.25) is 0 Å². The molecule has 1 aromatic rings. The number of anilines is 1. The fourth-order valence-electron chi connectivity index (χ4n) is 3.88. The SMILES string of the molecule is c1cc2c3c(c1)[C@@H]1CNCC[C@@H]1N3CCC2. The third-order valence-corrected chi connectivity index (χ3v) is 4.53. The second-order valence-electron chi connectivity index (χ2n) is 5.32. The number of piperidine rings is 1. The minimum Gasteiger partial charge on any atom is -0.367 e. The van der Waals surface area contributed by atoms with E-state index in [1.54, 1.807) is 16.8 Å². The average molecular weight is 214 g/mol. The molecule has 2 nitrogen and oxygen atoms in total. The molecule has 0 aliphatic carbocycles. The van der Waals surface area contributed by atoms with Crippen LogP contribution in [0.25, 0.3) is 0 Å². The van der Waals surface area contributed by atoms with E-state index in [4.69, 9.17) is 0 Å². The average Bonchev–Trinajstić information content (AvgIpc) is 2.68. The highest BCUT2D eigenvalue weighted by atomic mass is 15.2. The second-order valence-corrected chi connectivity index (χ2v) is 5.32. The Morgan fingerprint density at radius 1 is 1.31 bits per heavy atom. The maximum atomic E-state index is 3.55. The summed E-state index contributed by atoms with van der Waals surface area (Å²) >= 11 is 0. The van der Waals surface area contributed by atoms with E-state index in [0.29, 0.717) is 0 Å². The molecule has 16 heavy (non-hydrogen) atoms. The molecule has 1 N–H and O–H groups in total. The number of rotatable bonds is 0. The molecule has 0 saturated carbocycles. The van der Waals surface area contributed by atoms with E-state index in [1.165, 1.54) is 38.9 Å². The van der Waals surface area contributed by atoms with E-state index >= 15 is 0 Å². The number of nitrogens with one attached hydrogen (secondary N) is 1. The first-order valence-corrected chi connectivity index (χ1v) is 6.54. The molecule has 3 heterocycles. The number of hydrogen-bond acceptors (Lipinski definition) is 2. The highest BCUT2D eigenvalue weighted by Gasteiger charge is 2.41. The van der Waals surface area contributed by atoms with Crippen molar-refractivity contribution in [2.45, 2.75) is 31.2 Å². The van der Waals surface area contributed by atoms with Gasteiger partial charge in [-0.3, -0.25) is 0 Å². The number of nitrogens with zero attached hydrogens (tertiary/aromatic N) is 1. The number of benzene rings is 1. The van der Waals surface area contributed by atoms with Crippen LogP contribution in [0, 0.1) is 0 Å². The maximum absolute atomic E-state index is 3.55. The third kappa shape index (κ3) is 1.06. The maximum Gasteiger partial charge on any atom is 0.0438 e. The summed E-state index contributed by atoms with van der Waals surface area (Å²) in [6, 6.07) is 7.73.